The van der Waals surface area contributed by atoms with Gasteiger partial charge in [0.2, 0.25) is 0 Å². The van der Waals surface area contributed by atoms with Crippen LogP contribution in [0.5, 0.6) is 0 Å². The van der Waals surface area contributed by atoms with Crippen LogP contribution in [0.25, 0.3) is 11.0 Å². The minimum absolute atomic E-state index is 0.102. The summed E-state index contributed by atoms with van der Waals surface area (Å²) < 4.78 is 45.8. The van der Waals surface area contributed by atoms with Crippen LogP contribution in [0.2, 0.25) is 0 Å². The molecule has 0 aromatic carbocycles. The number of rotatable bonds is 1. The fourth-order valence-electron chi connectivity index (χ4n) is 3.50. The Hall–Kier alpha value is -2.16. The summed E-state index contributed by atoms with van der Waals surface area (Å²) in [4.78, 5) is 18.3. The van der Waals surface area contributed by atoms with Gasteiger partial charge in [0.1, 0.15) is 0 Å². The lowest BCUT2D eigenvalue weighted by molar-refractivity contribution is -0.140. The van der Waals surface area contributed by atoms with Gasteiger partial charge in [0.25, 0.3) is 5.91 Å². The second kappa shape index (κ2) is 5.17. The lowest BCUT2D eigenvalue weighted by Gasteiger charge is -2.17. The maximum Gasteiger partial charge on any atom is 0.435 e. The average molecular weight is 340 g/mol. The first-order valence-corrected chi connectivity index (χ1v) is 7.61. The van der Waals surface area contributed by atoms with E-state index in [4.69, 9.17) is 4.74 Å². The molecule has 0 spiro atoms. The van der Waals surface area contributed by atoms with Gasteiger partial charge in [0.15, 0.2) is 11.3 Å². The summed E-state index contributed by atoms with van der Waals surface area (Å²) >= 11 is 0. The van der Waals surface area contributed by atoms with E-state index >= 15 is 0 Å². The van der Waals surface area contributed by atoms with Crippen LogP contribution in [-0.4, -0.2) is 51.9 Å². The number of amides is 1. The van der Waals surface area contributed by atoms with Crippen molar-refractivity contribution in [2.45, 2.75) is 6.18 Å². The number of likely N-dealkylation sites (tertiary alicyclic amines) is 1. The zero-order chi connectivity index (χ0) is 17.1. The zero-order valence-corrected chi connectivity index (χ0v) is 12.9. The number of halogens is 3. The molecule has 6 nitrogen and oxygen atoms in total. The van der Waals surface area contributed by atoms with E-state index in [-0.39, 0.29) is 22.5 Å². The molecular formula is C15H15F3N4O2. The van der Waals surface area contributed by atoms with E-state index in [0.717, 1.165) is 4.68 Å². The van der Waals surface area contributed by atoms with E-state index in [1.165, 1.54) is 19.3 Å². The smallest absolute Gasteiger partial charge is 0.381 e. The van der Waals surface area contributed by atoms with Gasteiger partial charge in [0, 0.05) is 38.2 Å². The van der Waals surface area contributed by atoms with Crippen LogP contribution in [-0.2, 0) is 18.0 Å². The number of carbonyl (C=O) groups is 1. The molecule has 0 aliphatic carbocycles. The van der Waals surface area contributed by atoms with Crippen molar-refractivity contribution >= 4 is 16.9 Å². The van der Waals surface area contributed by atoms with Crippen LogP contribution in [0.3, 0.4) is 0 Å². The molecule has 1 amide bonds. The Morgan fingerprint density at radius 3 is 2.58 bits per heavy atom. The molecule has 2 aliphatic rings. The maximum absolute atomic E-state index is 13.1. The summed E-state index contributed by atoms with van der Waals surface area (Å²) in [6, 6.07) is 1.24. The average Bonchev–Trinajstić information content (AvgIpc) is 3.18. The van der Waals surface area contributed by atoms with Crippen molar-refractivity contribution in [2.75, 3.05) is 26.3 Å². The molecule has 0 bridgehead atoms. The predicted octanol–water partition coefficient (Wildman–Crippen LogP) is 1.71. The standard InChI is InChI=1S/C15H15F3N4O2/c1-21-13-11(12(20-21)15(16,17)18)2-8(3-19-13)14(23)22-4-9-6-24-7-10(9)5-22/h2-3,9-10H,4-7H2,1H3/t9-,10+. The second-order valence-corrected chi connectivity index (χ2v) is 6.33. The molecule has 2 fully saturated rings. The molecule has 0 radical (unpaired) electrons. The number of fused-ring (bicyclic) bond motifs is 2. The Kier molecular flexibility index (Phi) is 3.31. The van der Waals surface area contributed by atoms with Crippen LogP contribution in [0.15, 0.2) is 12.3 Å². The van der Waals surface area contributed by atoms with Gasteiger partial charge in [-0.15, -0.1) is 0 Å². The summed E-state index contributed by atoms with van der Waals surface area (Å²) in [5.74, 6) is 0.334. The SMILES string of the molecule is Cn1nc(C(F)(F)F)c2cc(C(=O)N3C[C@H]4COC[C@H]4C3)cnc21. The molecule has 0 N–H and O–H groups in total. The van der Waals surface area contributed by atoms with Crippen molar-refractivity contribution in [3.63, 3.8) is 0 Å². The van der Waals surface area contributed by atoms with E-state index in [9.17, 15) is 18.0 Å². The van der Waals surface area contributed by atoms with Crippen LogP contribution >= 0.6 is 0 Å². The van der Waals surface area contributed by atoms with Crippen molar-refractivity contribution in [1.82, 2.24) is 19.7 Å². The Morgan fingerprint density at radius 2 is 1.96 bits per heavy atom. The monoisotopic (exact) mass is 340 g/mol. The first kappa shape index (κ1) is 15.4. The van der Waals surface area contributed by atoms with Gasteiger partial charge in [0.05, 0.1) is 24.2 Å². The molecule has 2 aromatic rings. The largest absolute Gasteiger partial charge is 0.435 e. The molecule has 9 heteroatoms. The molecule has 0 unspecified atom stereocenters. The minimum Gasteiger partial charge on any atom is -0.381 e. The molecule has 2 saturated heterocycles. The highest BCUT2D eigenvalue weighted by atomic mass is 19.4. The van der Waals surface area contributed by atoms with E-state index in [2.05, 4.69) is 10.1 Å². The van der Waals surface area contributed by atoms with E-state index in [1.807, 2.05) is 0 Å². The van der Waals surface area contributed by atoms with Crippen molar-refractivity contribution in [2.24, 2.45) is 18.9 Å². The van der Waals surface area contributed by atoms with Crippen LogP contribution < -0.4 is 0 Å². The number of hydrogen-bond donors (Lipinski definition) is 0. The molecule has 4 heterocycles. The third-order valence-electron chi connectivity index (χ3n) is 4.72. The van der Waals surface area contributed by atoms with E-state index < -0.39 is 11.9 Å². The maximum atomic E-state index is 13.1. The summed E-state index contributed by atoms with van der Waals surface area (Å²) in [5.41, 5.74) is -0.763. The summed E-state index contributed by atoms with van der Waals surface area (Å²) in [7, 11) is 1.40. The summed E-state index contributed by atoms with van der Waals surface area (Å²) in [5, 5.41) is 3.34. The highest BCUT2D eigenvalue weighted by molar-refractivity contribution is 5.97. The molecule has 128 valence electrons. The molecular weight excluding hydrogens is 325 g/mol. The topological polar surface area (TPSA) is 60.2 Å². The summed E-state index contributed by atoms with van der Waals surface area (Å²) in [6.45, 7) is 2.40. The van der Waals surface area contributed by atoms with Crippen LogP contribution in [0.4, 0.5) is 13.2 Å². The van der Waals surface area contributed by atoms with Crippen molar-refractivity contribution in [3.8, 4) is 0 Å². The van der Waals surface area contributed by atoms with Crippen LogP contribution in [0.1, 0.15) is 16.1 Å². The quantitative estimate of drug-likeness (QED) is 0.793. The number of alkyl halides is 3. The molecule has 2 aliphatic heterocycles. The van der Waals surface area contributed by atoms with Crippen molar-refractivity contribution < 1.29 is 22.7 Å². The van der Waals surface area contributed by atoms with Gasteiger partial charge in [-0.1, -0.05) is 0 Å². The van der Waals surface area contributed by atoms with Crippen molar-refractivity contribution in [1.29, 1.82) is 0 Å². The van der Waals surface area contributed by atoms with Gasteiger partial charge < -0.3 is 9.64 Å². The number of aromatic nitrogens is 3. The fourth-order valence-corrected chi connectivity index (χ4v) is 3.50. The highest BCUT2D eigenvalue weighted by Crippen LogP contribution is 2.34. The second-order valence-electron chi connectivity index (χ2n) is 6.33. The van der Waals surface area contributed by atoms with Gasteiger partial charge in [-0.3, -0.25) is 4.79 Å². The first-order chi connectivity index (χ1) is 11.3. The van der Waals surface area contributed by atoms with Crippen molar-refractivity contribution in [3.05, 3.63) is 23.5 Å². The lowest BCUT2D eigenvalue weighted by atomic mass is 10.0. The third-order valence-corrected chi connectivity index (χ3v) is 4.72. The number of hydrogen-bond acceptors (Lipinski definition) is 4. The molecule has 0 saturated carbocycles. The van der Waals surface area contributed by atoms with Gasteiger partial charge in [-0.05, 0) is 6.07 Å². The highest BCUT2D eigenvalue weighted by Gasteiger charge is 2.40. The lowest BCUT2D eigenvalue weighted by Crippen LogP contribution is -2.30. The van der Waals surface area contributed by atoms with E-state index in [1.54, 1.807) is 4.90 Å². The Balaban J connectivity index is 1.68. The van der Waals surface area contributed by atoms with Gasteiger partial charge in [-0.25, -0.2) is 9.67 Å². The number of carbonyl (C=O) groups excluding carboxylic acids is 1. The third kappa shape index (κ3) is 2.34. The molecule has 24 heavy (non-hydrogen) atoms. The van der Waals surface area contributed by atoms with Gasteiger partial charge in [-0.2, -0.15) is 18.3 Å². The minimum atomic E-state index is -4.59. The van der Waals surface area contributed by atoms with Gasteiger partial charge >= 0.3 is 6.18 Å². The number of nitrogens with zero attached hydrogens (tertiary/aromatic N) is 4. The van der Waals surface area contributed by atoms with Crippen LogP contribution in [0, 0.1) is 11.8 Å². The molecule has 4 rings (SSSR count). The molecule has 2 aromatic heterocycles. The Morgan fingerprint density at radius 1 is 1.29 bits per heavy atom. The number of aryl methyl sites for hydroxylation is 1. The molecule has 2 atom stereocenters. The van der Waals surface area contributed by atoms with E-state index in [0.29, 0.717) is 38.1 Å². The number of pyridine rings is 1. The zero-order valence-electron chi connectivity index (χ0n) is 12.9. The predicted molar refractivity (Wildman–Crippen MR) is 77.2 cm³/mol. The number of ether oxygens (including phenoxy) is 1. The first-order valence-electron chi connectivity index (χ1n) is 7.61. The fraction of sp³-hybridized carbons (Fsp3) is 0.533. The summed E-state index contributed by atoms with van der Waals surface area (Å²) in [6.07, 6.45) is -3.28. The Labute approximate surface area is 135 Å². The Bertz CT molecular complexity index is 805. The normalized spacial score (nSPS) is 23.9.